The average molecular weight is 360 g/mol. The first kappa shape index (κ1) is 15.8. The Labute approximate surface area is 134 Å². The van der Waals surface area contributed by atoms with Gasteiger partial charge in [-0.2, -0.15) is 0 Å². The van der Waals surface area contributed by atoms with Gasteiger partial charge in [-0.05, 0) is 44.1 Å². The van der Waals surface area contributed by atoms with E-state index in [0.29, 0.717) is 16.6 Å². The van der Waals surface area contributed by atoms with Crippen molar-refractivity contribution in [1.29, 1.82) is 0 Å². The zero-order valence-corrected chi connectivity index (χ0v) is 14.2. The number of amides is 1. The molecule has 3 nitrogen and oxygen atoms in total. The molecule has 1 fully saturated rings. The molecule has 110 valence electrons. The van der Waals surface area contributed by atoms with Crippen LogP contribution in [0.2, 0.25) is 5.02 Å². The minimum Gasteiger partial charge on any atom is -0.340 e. The van der Waals surface area contributed by atoms with Gasteiger partial charge in [-0.15, -0.1) is 0 Å². The molecule has 1 saturated heterocycles. The summed E-state index contributed by atoms with van der Waals surface area (Å²) < 4.78 is 0.831. The Morgan fingerprint density at radius 3 is 2.90 bits per heavy atom. The van der Waals surface area contributed by atoms with Crippen LogP contribution in [0.3, 0.4) is 0 Å². The maximum absolute atomic E-state index is 12.5. The van der Waals surface area contributed by atoms with Crippen molar-refractivity contribution in [3.05, 3.63) is 33.3 Å². The summed E-state index contributed by atoms with van der Waals surface area (Å²) in [6, 6.07) is 5.80. The molecule has 1 aliphatic heterocycles. The van der Waals surface area contributed by atoms with E-state index >= 15 is 0 Å². The Kier molecular flexibility index (Phi) is 5.47. The fourth-order valence-electron chi connectivity index (χ4n) is 2.81. The van der Waals surface area contributed by atoms with Crippen LogP contribution >= 0.6 is 27.5 Å². The number of hydrogen-bond acceptors (Lipinski definition) is 2. The van der Waals surface area contributed by atoms with Crippen LogP contribution in [0.25, 0.3) is 0 Å². The Bertz CT molecular complexity index is 475. The molecule has 0 N–H and O–H groups in total. The molecule has 1 heterocycles. The second-order valence-electron chi connectivity index (χ2n) is 5.27. The van der Waals surface area contributed by atoms with E-state index in [9.17, 15) is 4.79 Å². The predicted octanol–water partition coefficient (Wildman–Crippen LogP) is 3.66. The van der Waals surface area contributed by atoms with E-state index in [1.54, 1.807) is 17.0 Å². The fourth-order valence-corrected chi connectivity index (χ4v) is 3.68. The van der Waals surface area contributed by atoms with Crippen molar-refractivity contribution < 1.29 is 4.79 Å². The summed E-state index contributed by atoms with van der Waals surface area (Å²) in [4.78, 5) is 16.7. The highest BCUT2D eigenvalue weighted by molar-refractivity contribution is 9.10. The van der Waals surface area contributed by atoms with Crippen LogP contribution in [0.5, 0.6) is 0 Å². The third-order valence-electron chi connectivity index (χ3n) is 3.85. The quantitative estimate of drug-likeness (QED) is 0.819. The van der Waals surface area contributed by atoms with Crippen molar-refractivity contribution in [2.45, 2.75) is 25.8 Å². The van der Waals surface area contributed by atoms with Gasteiger partial charge in [-0.25, -0.2) is 0 Å². The van der Waals surface area contributed by atoms with Gasteiger partial charge in [0.1, 0.15) is 0 Å². The molecule has 1 aromatic carbocycles. The SMILES string of the molecule is CCN1CCCC1CN(C)C(=O)c1cc(Cl)cc(Br)c1. The van der Waals surface area contributed by atoms with E-state index in [-0.39, 0.29) is 5.91 Å². The third-order valence-corrected chi connectivity index (χ3v) is 4.52. The molecule has 0 saturated carbocycles. The molecule has 1 atom stereocenters. The van der Waals surface area contributed by atoms with Crippen molar-refractivity contribution in [2.75, 3.05) is 26.7 Å². The minimum absolute atomic E-state index is 0.0242. The van der Waals surface area contributed by atoms with E-state index in [1.165, 1.54) is 12.8 Å². The molecule has 1 aliphatic rings. The largest absolute Gasteiger partial charge is 0.340 e. The summed E-state index contributed by atoms with van der Waals surface area (Å²) >= 11 is 9.38. The number of carbonyl (C=O) groups excluding carboxylic acids is 1. The molecular formula is C15H20BrClN2O. The molecule has 0 aliphatic carbocycles. The van der Waals surface area contributed by atoms with Crippen LogP contribution < -0.4 is 0 Å². The lowest BCUT2D eigenvalue weighted by Gasteiger charge is -2.27. The van der Waals surface area contributed by atoms with Crippen LogP contribution in [0.15, 0.2) is 22.7 Å². The lowest BCUT2D eigenvalue weighted by atomic mass is 10.1. The standard InChI is InChI=1S/C15H20BrClN2O/c1-3-19-6-4-5-14(19)10-18(2)15(20)11-7-12(16)9-13(17)8-11/h7-9,14H,3-6,10H2,1-2H3. The van der Waals surface area contributed by atoms with Crippen LogP contribution in [0, 0.1) is 0 Å². The first-order valence-electron chi connectivity index (χ1n) is 6.97. The van der Waals surface area contributed by atoms with Gasteiger partial charge in [0, 0.05) is 34.7 Å². The maximum atomic E-state index is 12.5. The van der Waals surface area contributed by atoms with Gasteiger partial charge in [0.15, 0.2) is 0 Å². The van der Waals surface area contributed by atoms with Gasteiger partial charge in [-0.3, -0.25) is 9.69 Å². The summed E-state index contributed by atoms with van der Waals surface area (Å²) in [6.07, 6.45) is 2.40. The molecule has 0 radical (unpaired) electrons. The lowest BCUT2D eigenvalue weighted by molar-refractivity contribution is 0.0754. The van der Waals surface area contributed by atoms with Gasteiger partial charge in [-0.1, -0.05) is 34.5 Å². The summed E-state index contributed by atoms with van der Waals surface area (Å²) in [5.74, 6) is 0.0242. The molecule has 20 heavy (non-hydrogen) atoms. The monoisotopic (exact) mass is 358 g/mol. The van der Waals surface area contributed by atoms with Crippen LogP contribution in [0.1, 0.15) is 30.1 Å². The van der Waals surface area contributed by atoms with Crippen molar-refractivity contribution in [2.24, 2.45) is 0 Å². The molecule has 0 spiro atoms. The zero-order valence-electron chi connectivity index (χ0n) is 11.9. The number of carbonyl (C=O) groups is 1. The highest BCUT2D eigenvalue weighted by atomic mass is 79.9. The summed E-state index contributed by atoms with van der Waals surface area (Å²) in [5.41, 5.74) is 0.632. The molecular weight excluding hydrogens is 340 g/mol. The van der Waals surface area contributed by atoms with Gasteiger partial charge in [0.05, 0.1) is 0 Å². The van der Waals surface area contributed by atoms with Gasteiger partial charge < -0.3 is 4.90 Å². The average Bonchev–Trinajstić information content (AvgIpc) is 2.83. The topological polar surface area (TPSA) is 23.6 Å². The summed E-state index contributed by atoms with van der Waals surface area (Å²) in [7, 11) is 1.86. The molecule has 0 bridgehead atoms. The zero-order chi connectivity index (χ0) is 14.7. The molecule has 2 rings (SSSR count). The van der Waals surface area contributed by atoms with Crippen molar-refractivity contribution >= 4 is 33.4 Å². The molecule has 1 amide bonds. The smallest absolute Gasteiger partial charge is 0.253 e. The second kappa shape index (κ2) is 6.92. The highest BCUT2D eigenvalue weighted by Gasteiger charge is 2.26. The Balaban J connectivity index is 2.04. The first-order chi connectivity index (χ1) is 9.51. The second-order valence-corrected chi connectivity index (χ2v) is 6.62. The third kappa shape index (κ3) is 3.74. The van der Waals surface area contributed by atoms with Gasteiger partial charge in [0.2, 0.25) is 0 Å². The van der Waals surface area contributed by atoms with Gasteiger partial charge >= 0.3 is 0 Å². The highest BCUT2D eigenvalue weighted by Crippen LogP contribution is 2.22. The lowest BCUT2D eigenvalue weighted by Crippen LogP contribution is -2.41. The number of hydrogen-bond donors (Lipinski definition) is 0. The predicted molar refractivity (Wildman–Crippen MR) is 86.4 cm³/mol. The molecule has 5 heteroatoms. The Morgan fingerprint density at radius 1 is 1.50 bits per heavy atom. The molecule has 1 aromatic rings. The number of nitrogens with zero attached hydrogens (tertiary/aromatic N) is 2. The Morgan fingerprint density at radius 2 is 2.25 bits per heavy atom. The number of halogens is 2. The van der Waals surface area contributed by atoms with E-state index in [4.69, 9.17) is 11.6 Å². The normalized spacial score (nSPS) is 19.3. The van der Waals surface area contributed by atoms with E-state index < -0.39 is 0 Å². The van der Waals surface area contributed by atoms with Crippen LogP contribution in [0.4, 0.5) is 0 Å². The number of likely N-dealkylation sites (tertiary alicyclic amines) is 1. The van der Waals surface area contributed by atoms with Crippen molar-refractivity contribution in [3.8, 4) is 0 Å². The minimum atomic E-state index is 0.0242. The van der Waals surface area contributed by atoms with Crippen LogP contribution in [-0.2, 0) is 0 Å². The molecule has 0 aromatic heterocycles. The Hall–Kier alpha value is -0.580. The van der Waals surface area contributed by atoms with E-state index in [2.05, 4.69) is 27.8 Å². The van der Waals surface area contributed by atoms with Gasteiger partial charge in [0.25, 0.3) is 5.91 Å². The summed E-state index contributed by atoms with van der Waals surface area (Å²) in [5, 5.41) is 0.576. The fraction of sp³-hybridized carbons (Fsp3) is 0.533. The van der Waals surface area contributed by atoms with E-state index in [0.717, 1.165) is 24.1 Å². The summed E-state index contributed by atoms with van der Waals surface area (Å²) in [6.45, 7) is 5.15. The number of benzene rings is 1. The molecule has 1 unspecified atom stereocenters. The van der Waals surface area contributed by atoms with Crippen LogP contribution in [-0.4, -0.2) is 48.4 Å². The maximum Gasteiger partial charge on any atom is 0.253 e. The van der Waals surface area contributed by atoms with Crippen molar-refractivity contribution in [3.63, 3.8) is 0 Å². The number of rotatable bonds is 4. The van der Waals surface area contributed by atoms with Crippen molar-refractivity contribution in [1.82, 2.24) is 9.80 Å². The first-order valence-corrected chi connectivity index (χ1v) is 8.14. The van der Waals surface area contributed by atoms with E-state index in [1.807, 2.05) is 13.1 Å². The number of likely N-dealkylation sites (N-methyl/N-ethyl adjacent to an activating group) is 2.